The van der Waals surface area contributed by atoms with Crippen LogP contribution in [0.4, 0.5) is 5.82 Å². The van der Waals surface area contributed by atoms with Gasteiger partial charge in [-0.25, -0.2) is 9.97 Å². The highest BCUT2D eigenvalue weighted by Crippen LogP contribution is 2.51. The number of aromatic amines is 1. The molecule has 0 saturated carbocycles. The van der Waals surface area contributed by atoms with E-state index in [-0.39, 0.29) is 11.5 Å². The van der Waals surface area contributed by atoms with E-state index in [1.165, 1.54) is 11.1 Å². The van der Waals surface area contributed by atoms with E-state index >= 15 is 0 Å². The molecule has 4 aromatic rings. The van der Waals surface area contributed by atoms with Gasteiger partial charge in [-0.3, -0.25) is 5.10 Å². The molecule has 0 amide bonds. The van der Waals surface area contributed by atoms with Crippen LogP contribution in [0, 0.1) is 5.41 Å². The molecule has 3 heterocycles. The topological polar surface area (TPSA) is 93.0 Å². The standard InChI is InChI=1S/C24H22Cl2N6O/c25-16-6-3-7-17(19(16)26)33-23-20-22(30-31-23)29-18(13-28-20)32-10-8-24(9-11-32)12-14-4-1-2-5-15(14)21(24)27/h1-7,13,21H,8-12,27H2,(H,29,30,31)/t21-/m1/s1. The largest absolute Gasteiger partial charge is 0.434 e. The normalized spacial score (nSPS) is 19.2. The van der Waals surface area contributed by atoms with Gasteiger partial charge in [0.1, 0.15) is 16.6 Å². The monoisotopic (exact) mass is 480 g/mol. The molecule has 0 unspecified atom stereocenters. The molecule has 1 fully saturated rings. The van der Waals surface area contributed by atoms with Gasteiger partial charge in [0, 0.05) is 19.1 Å². The fraction of sp³-hybridized carbons (Fsp3) is 0.292. The Kier molecular flexibility index (Phi) is 4.94. The number of nitrogens with one attached hydrogen (secondary N) is 1. The quantitative estimate of drug-likeness (QED) is 0.413. The molecule has 168 valence electrons. The summed E-state index contributed by atoms with van der Waals surface area (Å²) in [5.41, 5.74) is 10.6. The summed E-state index contributed by atoms with van der Waals surface area (Å²) < 4.78 is 5.85. The van der Waals surface area contributed by atoms with Gasteiger partial charge in [0.15, 0.2) is 11.2 Å². The second-order valence-electron chi connectivity index (χ2n) is 8.81. The zero-order valence-electron chi connectivity index (χ0n) is 17.8. The van der Waals surface area contributed by atoms with Crippen LogP contribution in [0.1, 0.15) is 30.0 Å². The van der Waals surface area contributed by atoms with Crippen molar-refractivity contribution in [3.05, 3.63) is 69.8 Å². The first kappa shape index (κ1) is 20.7. The Morgan fingerprint density at radius 3 is 2.73 bits per heavy atom. The van der Waals surface area contributed by atoms with Crippen molar-refractivity contribution in [2.45, 2.75) is 25.3 Å². The minimum Gasteiger partial charge on any atom is -0.434 e. The third-order valence-corrected chi connectivity index (χ3v) is 7.83. The zero-order valence-corrected chi connectivity index (χ0v) is 19.3. The average molecular weight is 481 g/mol. The molecule has 33 heavy (non-hydrogen) atoms. The molecule has 1 spiro atoms. The number of H-pyrrole nitrogens is 1. The first-order valence-corrected chi connectivity index (χ1v) is 11.7. The van der Waals surface area contributed by atoms with Crippen LogP contribution in [0.15, 0.2) is 48.7 Å². The van der Waals surface area contributed by atoms with E-state index in [0.29, 0.717) is 32.8 Å². The number of hydrogen-bond acceptors (Lipinski definition) is 6. The molecular formula is C24H22Cl2N6O. The van der Waals surface area contributed by atoms with Crippen molar-refractivity contribution in [2.24, 2.45) is 11.1 Å². The van der Waals surface area contributed by atoms with E-state index in [0.717, 1.165) is 38.2 Å². The van der Waals surface area contributed by atoms with Gasteiger partial charge in [-0.05, 0) is 47.9 Å². The summed E-state index contributed by atoms with van der Waals surface area (Å²) in [6.45, 7) is 1.77. The van der Waals surface area contributed by atoms with Crippen LogP contribution in [0.2, 0.25) is 10.0 Å². The second kappa shape index (κ2) is 7.87. The summed E-state index contributed by atoms with van der Waals surface area (Å²) in [6.07, 6.45) is 4.86. The fourth-order valence-electron chi connectivity index (χ4n) is 5.15. The van der Waals surface area contributed by atoms with Crippen LogP contribution >= 0.6 is 23.2 Å². The number of aromatic nitrogens is 4. The summed E-state index contributed by atoms with van der Waals surface area (Å²) in [6, 6.07) is 13.9. The molecular weight excluding hydrogens is 459 g/mol. The molecule has 1 aliphatic heterocycles. The van der Waals surface area contributed by atoms with Crippen molar-refractivity contribution >= 4 is 40.2 Å². The Hall–Kier alpha value is -2.87. The van der Waals surface area contributed by atoms with Crippen molar-refractivity contribution in [3.63, 3.8) is 0 Å². The summed E-state index contributed by atoms with van der Waals surface area (Å²) in [5, 5.41) is 7.89. The van der Waals surface area contributed by atoms with Gasteiger partial charge in [0.2, 0.25) is 0 Å². The Morgan fingerprint density at radius 1 is 1.09 bits per heavy atom. The summed E-state index contributed by atoms with van der Waals surface area (Å²) in [4.78, 5) is 11.6. The van der Waals surface area contributed by atoms with Gasteiger partial charge in [0.05, 0.1) is 11.2 Å². The SMILES string of the molecule is N[C@@H]1c2ccccc2CC12CCN(c1cnc3c(Oc4cccc(Cl)c4Cl)n[nH]c3n1)CC2. The number of hydrogen-bond donors (Lipinski definition) is 2. The van der Waals surface area contributed by atoms with Crippen LogP contribution in [0.3, 0.4) is 0 Å². The minimum absolute atomic E-state index is 0.0926. The molecule has 0 radical (unpaired) electrons. The maximum atomic E-state index is 6.71. The van der Waals surface area contributed by atoms with E-state index in [1.807, 2.05) is 0 Å². The number of piperidine rings is 1. The van der Waals surface area contributed by atoms with Crippen LogP contribution in [0.25, 0.3) is 11.2 Å². The van der Waals surface area contributed by atoms with Crippen LogP contribution < -0.4 is 15.4 Å². The van der Waals surface area contributed by atoms with Crippen LogP contribution in [-0.2, 0) is 6.42 Å². The van der Waals surface area contributed by atoms with E-state index in [2.05, 4.69) is 44.3 Å². The maximum absolute atomic E-state index is 6.71. The van der Waals surface area contributed by atoms with Gasteiger partial charge < -0.3 is 15.4 Å². The molecule has 6 rings (SSSR count). The van der Waals surface area contributed by atoms with Crippen molar-refractivity contribution in [1.29, 1.82) is 0 Å². The Labute approximate surface area is 200 Å². The molecule has 2 aliphatic rings. The molecule has 9 heteroatoms. The number of halogens is 2. The van der Waals surface area contributed by atoms with Gasteiger partial charge >= 0.3 is 0 Å². The fourth-order valence-corrected chi connectivity index (χ4v) is 5.48. The molecule has 2 aromatic heterocycles. The van der Waals surface area contributed by atoms with E-state index in [1.54, 1.807) is 24.4 Å². The number of rotatable bonds is 3. The highest BCUT2D eigenvalue weighted by molar-refractivity contribution is 6.42. The second-order valence-corrected chi connectivity index (χ2v) is 9.60. The molecule has 2 aromatic carbocycles. The lowest BCUT2D eigenvalue weighted by atomic mass is 9.73. The lowest BCUT2D eigenvalue weighted by Gasteiger charge is -2.42. The number of nitrogens with zero attached hydrogens (tertiary/aromatic N) is 4. The number of fused-ring (bicyclic) bond motifs is 2. The van der Waals surface area contributed by atoms with Crippen LogP contribution in [-0.4, -0.2) is 33.3 Å². The highest BCUT2D eigenvalue weighted by atomic mass is 35.5. The maximum Gasteiger partial charge on any atom is 0.266 e. The van der Waals surface area contributed by atoms with Crippen molar-refractivity contribution in [1.82, 2.24) is 20.2 Å². The minimum atomic E-state index is 0.0926. The van der Waals surface area contributed by atoms with Gasteiger partial charge in [-0.15, -0.1) is 5.10 Å². The lowest BCUT2D eigenvalue weighted by Crippen LogP contribution is -2.44. The Bertz CT molecular complexity index is 1350. The van der Waals surface area contributed by atoms with Gasteiger partial charge in [-0.1, -0.05) is 53.5 Å². The first-order chi connectivity index (χ1) is 16.0. The van der Waals surface area contributed by atoms with E-state index in [9.17, 15) is 0 Å². The molecule has 1 saturated heterocycles. The highest BCUT2D eigenvalue weighted by Gasteiger charge is 2.45. The molecule has 3 N–H and O–H groups in total. The molecule has 1 aliphatic carbocycles. The number of anilines is 1. The third kappa shape index (κ3) is 3.42. The summed E-state index contributed by atoms with van der Waals surface area (Å²) in [5.74, 6) is 1.54. The van der Waals surface area contributed by atoms with E-state index in [4.69, 9.17) is 38.7 Å². The smallest absolute Gasteiger partial charge is 0.266 e. The predicted octanol–water partition coefficient (Wildman–Crippen LogP) is 5.29. The van der Waals surface area contributed by atoms with Gasteiger partial charge in [-0.2, -0.15) is 0 Å². The predicted molar refractivity (Wildman–Crippen MR) is 129 cm³/mol. The average Bonchev–Trinajstić information content (AvgIpc) is 3.36. The Balaban J connectivity index is 1.20. The lowest BCUT2D eigenvalue weighted by molar-refractivity contribution is 0.187. The van der Waals surface area contributed by atoms with Crippen LogP contribution in [0.5, 0.6) is 11.6 Å². The van der Waals surface area contributed by atoms with Crippen molar-refractivity contribution in [2.75, 3.05) is 18.0 Å². The molecule has 1 atom stereocenters. The summed E-state index contributed by atoms with van der Waals surface area (Å²) in [7, 11) is 0. The first-order valence-electron chi connectivity index (χ1n) is 11.0. The number of ether oxygens (including phenoxy) is 1. The molecule has 7 nitrogen and oxygen atoms in total. The van der Waals surface area contributed by atoms with Crippen molar-refractivity contribution < 1.29 is 4.74 Å². The molecule has 0 bridgehead atoms. The number of nitrogens with two attached hydrogens (primary N) is 1. The van der Waals surface area contributed by atoms with E-state index < -0.39 is 0 Å². The third-order valence-electron chi connectivity index (χ3n) is 7.02. The zero-order chi connectivity index (χ0) is 22.6. The number of benzene rings is 2. The van der Waals surface area contributed by atoms with Crippen molar-refractivity contribution in [3.8, 4) is 11.6 Å². The van der Waals surface area contributed by atoms with Gasteiger partial charge in [0.25, 0.3) is 5.88 Å². The Morgan fingerprint density at radius 2 is 1.91 bits per heavy atom. The summed E-state index contributed by atoms with van der Waals surface area (Å²) >= 11 is 12.3.